The summed E-state index contributed by atoms with van der Waals surface area (Å²) in [5.41, 5.74) is 8.35. The zero-order chi connectivity index (χ0) is 12.4. The molecule has 1 unspecified atom stereocenters. The van der Waals surface area contributed by atoms with E-state index in [0.717, 1.165) is 11.5 Å². The van der Waals surface area contributed by atoms with E-state index in [1.165, 1.54) is 5.56 Å². The van der Waals surface area contributed by atoms with Crippen LogP contribution in [0.3, 0.4) is 0 Å². The first-order chi connectivity index (χ1) is 8.11. The monoisotopic (exact) mass is 229 g/mol. The molecule has 0 aliphatic heterocycles. The molecule has 0 radical (unpaired) electrons. The number of hydrogen-bond acceptors (Lipinski definition) is 2. The zero-order valence-corrected chi connectivity index (χ0v) is 10.6. The Labute approximate surface area is 102 Å². The van der Waals surface area contributed by atoms with Gasteiger partial charge in [0.1, 0.15) is 5.82 Å². The van der Waals surface area contributed by atoms with Gasteiger partial charge in [0.15, 0.2) is 0 Å². The third-order valence-corrected chi connectivity index (χ3v) is 3.13. The van der Waals surface area contributed by atoms with Gasteiger partial charge in [0.25, 0.3) is 0 Å². The second-order valence-electron chi connectivity index (χ2n) is 4.65. The van der Waals surface area contributed by atoms with Crippen molar-refractivity contribution < 1.29 is 0 Å². The van der Waals surface area contributed by atoms with E-state index in [-0.39, 0.29) is 5.92 Å². The molecule has 1 aromatic heterocycles. The highest BCUT2D eigenvalue weighted by molar-refractivity contribution is 5.43. The molecule has 90 valence electrons. The predicted molar refractivity (Wildman–Crippen MR) is 71.0 cm³/mol. The van der Waals surface area contributed by atoms with Crippen LogP contribution in [0.15, 0.2) is 36.7 Å². The van der Waals surface area contributed by atoms with Crippen LogP contribution >= 0.6 is 0 Å². The molecule has 0 spiro atoms. The van der Waals surface area contributed by atoms with E-state index in [4.69, 9.17) is 5.73 Å². The fourth-order valence-electron chi connectivity index (χ4n) is 2.03. The summed E-state index contributed by atoms with van der Waals surface area (Å²) in [6.07, 6.45) is 1.83. The van der Waals surface area contributed by atoms with Crippen LogP contribution < -0.4 is 5.73 Å². The Hall–Kier alpha value is -1.77. The molecule has 2 N–H and O–H groups in total. The van der Waals surface area contributed by atoms with Crippen LogP contribution in [-0.2, 0) is 0 Å². The number of aromatic nitrogens is 2. The third-order valence-electron chi connectivity index (χ3n) is 3.13. The Bertz CT molecular complexity index is 485. The summed E-state index contributed by atoms with van der Waals surface area (Å²) in [5.74, 6) is 1.01. The Kier molecular flexibility index (Phi) is 3.18. The first kappa shape index (κ1) is 11.7. The first-order valence-electron chi connectivity index (χ1n) is 5.98. The number of nitrogens with two attached hydrogens (primary N) is 1. The molecular weight excluding hydrogens is 210 g/mol. The van der Waals surface area contributed by atoms with Crippen molar-refractivity contribution in [2.75, 3.05) is 5.73 Å². The molecule has 3 heteroatoms. The summed E-state index contributed by atoms with van der Waals surface area (Å²) in [6, 6.07) is 10.7. The van der Waals surface area contributed by atoms with Crippen molar-refractivity contribution in [3.05, 3.63) is 47.9 Å². The van der Waals surface area contributed by atoms with Crippen molar-refractivity contribution in [2.45, 2.75) is 32.7 Å². The summed E-state index contributed by atoms with van der Waals surface area (Å²) in [5, 5.41) is 0. The standard InChI is InChI=1S/C14H19N3/c1-10(2)17-9-16-13(14(17)15)11(3)12-7-5-4-6-8-12/h4-11H,15H2,1-3H3. The van der Waals surface area contributed by atoms with E-state index in [1.54, 1.807) is 0 Å². The molecule has 2 aromatic rings. The molecule has 0 saturated heterocycles. The van der Waals surface area contributed by atoms with Crippen LogP contribution in [-0.4, -0.2) is 9.55 Å². The van der Waals surface area contributed by atoms with E-state index in [9.17, 15) is 0 Å². The summed E-state index contributed by atoms with van der Waals surface area (Å²) in [7, 11) is 0. The van der Waals surface area contributed by atoms with Crippen LogP contribution in [0.25, 0.3) is 0 Å². The number of nitrogens with zero attached hydrogens (tertiary/aromatic N) is 2. The number of benzene rings is 1. The lowest BCUT2D eigenvalue weighted by Gasteiger charge is -2.13. The largest absolute Gasteiger partial charge is 0.384 e. The summed E-state index contributed by atoms with van der Waals surface area (Å²) in [4.78, 5) is 4.45. The molecule has 0 amide bonds. The van der Waals surface area contributed by atoms with Gasteiger partial charge < -0.3 is 10.3 Å². The van der Waals surface area contributed by atoms with Gasteiger partial charge >= 0.3 is 0 Å². The van der Waals surface area contributed by atoms with E-state index in [0.29, 0.717) is 6.04 Å². The lowest BCUT2D eigenvalue weighted by atomic mass is 9.98. The van der Waals surface area contributed by atoms with E-state index in [2.05, 4.69) is 37.9 Å². The van der Waals surface area contributed by atoms with Gasteiger partial charge in [-0.3, -0.25) is 0 Å². The molecule has 1 aromatic carbocycles. The lowest BCUT2D eigenvalue weighted by molar-refractivity contribution is 0.607. The topological polar surface area (TPSA) is 43.8 Å². The number of anilines is 1. The first-order valence-corrected chi connectivity index (χ1v) is 5.98. The van der Waals surface area contributed by atoms with Crippen LogP contribution in [0.4, 0.5) is 5.82 Å². The Balaban J connectivity index is 2.35. The smallest absolute Gasteiger partial charge is 0.127 e. The number of hydrogen-bond donors (Lipinski definition) is 1. The molecule has 3 nitrogen and oxygen atoms in total. The van der Waals surface area contributed by atoms with Crippen LogP contribution in [0.5, 0.6) is 0 Å². The molecule has 1 heterocycles. The van der Waals surface area contributed by atoms with E-state index >= 15 is 0 Å². The van der Waals surface area contributed by atoms with Gasteiger partial charge in [0.05, 0.1) is 12.0 Å². The molecule has 0 aliphatic carbocycles. The molecule has 0 fully saturated rings. The van der Waals surface area contributed by atoms with Crippen molar-refractivity contribution >= 4 is 5.82 Å². The minimum absolute atomic E-state index is 0.233. The fourth-order valence-corrected chi connectivity index (χ4v) is 2.03. The predicted octanol–water partition coefficient (Wildman–Crippen LogP) is 3.20. The maximum Gasteiger partial charge on any atom is 0.127 e. The number of nitrogen functional groups attached to an aromatic ring is 1. The Morgan fingerprint density at radius 3 is 2.29 bits per heavy atom. The zero-order valence-electron chi connectivity index (χ0n) is 10.6. The van der Waals surface area contributed by atoms with Crippen LogP contribution in [0.2, 0.25) is 0 Å². The van der Waals surface area contributed by atoms with Gasteiger partial charge in [0.2, 0.25) is 0 Å². The third kappa shape index (κ3) is 2.18. The highest BCUT2D eigenvalue weighted by atomic mass is 15.1. The SMILES string of the molecule is CC(c1ccccc1)c1ncn(C(C)C)c1N. The van der Waals surface area contributed by atoms with Gasteiger partial charge in [0, 0.05) is 12.0 Å². The number of imidazole rings is 1. The molecule has 2 rings (SSSR count). The van der Waals surface area contributed by atoms with Gasteiger partial charge in [-0.05, 0) is 19.4 Å². The van der Waals surface area contributed by atoms with Gasteiger partial charge in [-0.1, -0.05) is 37.3 Å². The van der Waals surface area contributed by atoms with E-state index < -0.39 is 0 Å². The summed E-state index contributed by atoms with van der Waals surface area (Å²) in [6.45, 7) is 6.35. The Morgan fingerprint density at radius 2 is 1.76 bits per heavy atom. The van der Waals surface area contributed by atoms with Crippen molar-refractivity contribution in [3.63, 3.8) is 0 Å². The van der Waals surface area contributed by atoms with Crippen molar-refractivity contribution in [1.29, 1.82) is 0 Å². The summed E-state index contributed by atoms with van der Waals surface area (Å²) >= 11 is 0. The van der Waals surface area contributed by atoms with Gasteiger partial charge in [-0.2, -0.15) is 0 Å². The fraction of sp³-hybridized carbons (Fsp3) is 0.357. The molecule has 1 atom stereocenters. The molecule has 0 saturated carbocycles. The maximum absolute atomic E-state index is 6.14. The lowest BCUT2D eigenvalue weighted by Crippen LogP contribution is -2.07. The normalized spacial score (nSPS) is 12.9. The Morgan fingerprint density at radius 1 is 1.12 bits per heavy atom. The molecule has 17 heavy (non-hydrogen) atoms. The maximum atomic E-state index is 6.14. The van der Waals surface area contributed by atoms with E-state index in [1.807, 2.05) is 29.1 Å². The van der Waals surface area contributed by atoms with Crippen molar-refractivity contribution in [3.8, 4) is 0 Å². The van der Waals surface area contributed by atoms with Crippen molar-refractivity contribution in [1.82, 2.24) is 9.55 Å². The second kappa shape index (κ2) is 4.62. The number of rotatable bonds is 3. The molecular formula is C14H19N3. The highest BCUT2D eigenvalue weighted by Gasteiger charge is 2.17. The quantitative estimate of drug-likeness (QED) is 0.878. The minimum atomic E-state index is 0.233. The highest BCUT2D eigenvalue weighted by Crippen LogP contribution is 2.28. The minimum Gasteiger partial charge on any atom is -0.384 e. The molecule has 0 bridgehead atoms. The van der Waals surface area contributed by atoms with Crippen LogP contribution in [0, 0.1) is 0 Å². The molecule has 0 aliphatic rings. The van der Waals surface area contributed by atoms with Crippen LogP contribution in [0.1, 0.15) is 44.0 Å². The average molecular weight is 229 g/mol. The second-order valence-corrected chi connectivity index (χ2v) is 4.65. The van der Waals surface area contributed by atoms with Gasteiger partial charge in [-0.25, -0.2) is 4.98 Å². The van der Waals surface area contributed by atoms with Crippen molar-refractivity contribution in [2.24, 2.45) is 0 Å². The average Bonchev–Trinajstić information content (AvgIpc) is 2.71. The van der Waals surface area contributed by atoms with Gasteiger partial charge in [-0.15, -0.1) is 0 Å². The summed E-state index contributed by atoms with van der Waals surface area (Å²) < 4.78 is 2.01.